The molecular formula is C13H18ClFN2O2. The van der Waals surface area contributed by atoms with Crippen LogP contribution in [0.15, 0.2) is 18.2 Å². The van der Waals surface area contributed by atoms with Crippen molar-refractivity contribution in [3.63, 3.8) is 0 Å². The summed E-state index contributed by atoms with van der Waals surface area (Å²) in [4.78, 5) is 11.8. The van der Waals surface area contributed by atoms with Crippen LogP contribution in [0.4, 0.5) is 4.39 Å². The van der Waals surface area contributed by atoms with E-state index >= 15 is 0 Å². The Bertz CT molecular complexity index is 456. The minimum atomic E-state index is -0.416. The molecule has 1 amide bonds. The maximum absolute atomic E-state index is 13.1. The maximum atomic E-state index is 13.1. The number of nitrogens with one attached hydrogen (secondary N) is 2. The molecule has 0 spiro atoms. The monoisotopic (exact) mass is 288 g/mol. The lowest BCUT2D eigenvalue weighted by Crippen LogP contribution is -2.34. The molecule has 2 atom stereocenters. The standard InChI is InChI=1S/C13H17FN2O2.ClH/c1-8-4-9(2-3-11(8)14)13(18)16-6-10-5-15-7-12(10)17;/h2-4,10,12,15,17H,5-7H2,1H3,(H,16,18);1H. The van der Waals surface area contributed by atoms with Crippen LogP contribution in [0.3, 0.4) is 0 Å². The van der Waals surface area contributed by atoms with Crippen LogP contribution in [0.25, 0.3) is 0 Å². The Labute approximate surface area is 117 Å². The van der Waals surface area contributed by atoms with E-state index in [1.807, 2.05) is 0 Å². The largest absolute Gasteiger partial charge is 0.391 e. The molecular weight excluding hydrogens is 271 g/mol. The molecule has 1 aliphatic rings. The van der Waals surface area contributed by atoms with Crippen molar-refractivity contribution < 1.29 is 14.3 Å². The summed E-state index contributed by atoms with van der Waals surface area (Å²) in [6.07, 6.45) is -0.416. The van der Waals surface area contributed by atoms with E-state index in [1.165, 1.54) is 18.2 Å². The van der Waals surface area contributed by atoms with Gasteiger partial charge in [-0.15, -0.1) is 12.4 Å². The van der Waals surface area contributed by atoms with E-state index in [0.717, 1.165) is 0 Å². The number of aliphatic hydroxyl groups is 1. The number of aryl methyl sites for hydroxylation is 1. The molecule has 1 fully saturated rings. The first-order valence-corrected chi connectivity index (χ1v) is 6.01. The van der Waals surface area contributed by atoms with E-state index in [9.17, 15) is 14.3 Å². The fourth-order valence-corrected chi connectivity index (χ4v) is 2.04. The zero-order valence-corrected chi connectivity index (χ0v) is 11.5. The van der Waals surface area contributed by atoms with Crippen LogP contribution >= 0.6 is 12.4 Å². The van der Waals surface area contributed by atoms with E-state index in [1.54, 1.807) is 6.92 Å². The third-order valence-electron chi connectivity index (χ3n) is 3.25. The van der Waals surface area contributed by atoms with E-state index in [0.29, 0.717) is 30.8 Å². The van der Waals surface area contributed by atoms with Crippen molar-refractivity contribution in [1.29, 1.82) is 0 Å². The van der Waals surface area contributed by atoms with Gasteiger partial charge in [-0.3, -0.25) is 4.79 Å². The highest BCUT2D eigenvalue weighted by Gasteiger charge is 2.25. The Morgan fingerprint density at radius 2 is 2.26 bits per heavy atom. The summed E-state index contributed by atoms with van der Waals surface area (Å²) in [6, 6.07) is 4.27. The predicted molar refractivity (Wildman–Crippen MR) is 73.1 cm³/mol. The molecule has 0 radical (unpaired) electrons. The van der Waals surface area contributed by atoms with Crippen molar-refractivity contribution in [3.8, 4) is 0 Å². The van der Waals surface area contributed by atoms with E-state index < -0.39 is 6.10 Å². The van der Waals surface area contributed by atoms with Crippen molar-refractivity contribution in [3.05, 3.63) is 35.1 Å². The molecule has 4 nitrogen and oxygen atoms in total. The Morgan fingerprint density at radius 3 is 2.84 bits per heavy atom. The van der Waals surface area contributed by atoms with Crippen molar-refractivity contribution in [2.45, 2.75) is 13.0 Å². The van der Waals surface area contributed by atoms with Crippen molar-refractivity contribution in [2.24, 2.45) is 5.92 Å². The quantitative estimate of drug-likeness (QED) is 0.773. The molecule has 1 aliphatic heterocycles. The second-order valence-corrected chi connectivity index (χ2v) is 4.66. The third kappa shape index (κ3) is 3.89. The molecule has 3 N–H and O–H groups in total. The van der Waals surface area contributed by atoms with Gasteiger partial charge < -0.3 is 15.7 Å². The van der Waals surface area contributed by atoms with Gasteiger partial charge in [0.1, 0.15) is 5.82 Å². The number of benzene rings is 1. The highest BCUT2D eigenvalue weighted by molar-refractivity contribution is 5.94. The second-order valence-electron chi connectivity index (χ2n) is 4.66. The minimum Gasteiger partial charge on any atom is -0.391 e. The zero-order chi connectivity index (χ0) is 13.1. The summed E-state index contributed by atoms with van der Waals surface area (Å²) in [7, 11) is 0. The maximum Gasteiger partial charge on any atom is 0.251 e. The van der Waals surface area contributed by atoms with Gasteiger partial charge in [-0.05, 0) is 30.7 Å². The number of β-amino-alcohol motifs (C(OH)–C–C–N with tert-alkyl or cyclic N) is 1. The van der Waals surface area contributed by atoms with Crippen molar-refractivity contribution in [2.75, 3.05) is 19.6 Å². The zero-order valence-electron chi connectivity index (χ0n) is 10.6. The van der Waals surface area contributed by atoms with E-state index in [4.69, 9.17) is 0 Å². The van der Waals surface area contributed by atoms with Crippen LogP contribution in [0, 0.1) is 18.7 Å². The summed E-state index contributed by atoms with van der Waals surface area (Å²) in [5, 5.41) is 15.4. The smallest absolute Gasteiger partial charge is 0.251 e. The van der Waals surface area contributed by atoms with Crippen LogP contribution in [0.2, 0.25) is 0 Å². The number of aliphatic hydroxyl groups excluding tert-OH is 1. The first-order chi connectivity index (χ1) is 8.58. The van der Waals surface area contributed by atoms with Gasteiger partial charge >= 0.3 is 0 Å². The van der Waals surface area contributed by atoms with Gasteiger partial charge in [-0.25, -0.2) is 4.39 Å². The summed E-state index contributed by atoms with van der Waals surface area (Å²) in [5.74, 6) is -0.519. The molecule has 1 heterocycles. The molecule has 106 valence electrons. The lowest BCUT2D eigenvalue weighted by atomic mass is 10.1. The van der Waals surface area contributed by atoms with E-state index in [2.05, 4.69) is 10.6 Å². The molecule has 1 saturated heterocycles. The summed E-state index contributed by atoms with van der Waals surface area (Å²) in [6.45, 7) is 3.31. The highest BCUT2D eigenvalue weighted by atomic mass is 35.5. The molecule has 0 bridgehead atoms. The first kappa shape index (κ1) is 15.9. The number of amides is 1. The number of rotatable bonds is 3. The lowest BCUT2D eigenvalue weighted by molar-refractivity contribution is 0.0927. The summed E-state index contributed by atoms with van der Waals surface area (Å²) >= 11 is 0. The van der Waals surface area contributed by atoms with Gasteiger partial charge in [0, 0.05) is 31.1 Å². The van der Waals surface area contributed by atoms with Crippen LogP contribution in [-0.2, 0) is 0 Å². The Kier molecular flexibility index (Phi) is 5.72. The molecule has 19 heavy (non-hydrogen) atoms. The van der Waals surface area contributed by atoms with Crippen molar-refractivity contribution in [1.82, 2.24) is 10.6 Å². The Hall–Kier alpha value is -1.17. The van der Waals surface area contributed by atoms with E-state index in [-0.39, 0.29) is 30.0 Å². The van der Waals surface area contributed by atoms with Gasteiger partial charge in [0.05, 0.1) is 6.10 Å². The number of hydrogen-bond donors (Lipinski definition) is 3. The van der Waals surface area contributed by atoms with Crippen LogP contribution < -0.4 is 10.6 Å². The average molecular weight is 289 g/mol. The average Bonchev–Trinajstić information content (AvgIpc) is 2.75. The van der Waals surface area contributed by atoms with Crippen molar-refractivity contribution >= 4 is 18.3 Å². The number of halogens is 2. The molecule has 0 aliphatic carbocycles. The number of carbonyl (C=O) groups excluding carboxylic acids is 1. The fourth-order valence-electron chi connectivity index (χ4n) is 2.04. The minimum absolute atomic E-state index is 0. The second kappa shape index (κ2) is 6.84. The molecule has 0 aromatic heterocycles. The molecule has 1 aromatic rings. The third-order valence-corrected chi connectivity index (χ3v) is 3.25. The molecule has 6 heteroatoms. The normalized spacial score (nSPS) is 21.8. The van der Waals surface area contributed by atoms with Gasteiger partial charge in [0.15, 0.2) is 0 Å². The summed E-state index contributed by atoms with van der Waals surface area (Å²) < 4.78 is 13.1. The number of hydrogen-bond acceptors (Lipinski definition) is 3. The molecule has 2 unspecified atom stereocenters. The Balaban J connectivity index is 0.00000180. The van der Waals surface area contributed by atoms with Crippen LogP contribution in [-0.4, -0.2) is 36.8 Å². The topological polar surface area (TPSA) is 61.4 Å². The molecule has 1 aromatic carbocycles. The number of carbonyl (C=O) groups is 1. The molecule has 2 rings (SSSR count). The fraction of sp³-hybridized carbons (Fsp3) is 0.462. The first-order valence-electron chi connectivity index (χ1n) is 6.01. The van der Waals surface area contributed by atoms with Gasteiger partial charge in [0.25, 0.3) is 5.91 Å². The van der Waals surface area contributed by atoms with Crippen LogP contribution in [0.1, 0.15) is 15.9 Å². The van der Waals surface area contributed by atoms with Gasteiger partial charge in [0.2, 0.25) is 0 Å². The van der Waals surface area contributed by atoms with Gasteiger partial charge in [-0.2, -0.15) is 0 Å². The predicted octanol–water partition coefficient (Wildman–Crippen LogP) is 0.866. The Morgan fingerprint density at radius 1 is 1.53 bits per heavy atom. The lowest BCUT2D eigenvalue weighted by Gasteiger charge is -2.14. The highest BCUT2D eigenvalue weighted by Crippen LogP contribution is 2.10. The van der Waals surface area contributed by atoms with Gasteiger partial charge in [-0.1, -0.05) is 0 Å². The SMILES string of the molecule is Cc1cc(C(=O)NCC2CNCC2O)ccc1F.Cl. The van der Waals surface area contributed by atoms with Crippen LogP contribution in [0.5, 0.6) is 0 Å². The summed E-state index contributed by atoms with van der Waals surface area (Å²) in [5.41, 5.74) is 0.888. The molecule has 0 saturated carbocycles.